The van der Waals surface area contributed by atoms with E-state index >= 15 is 0 Å². The van der Waals surface area contributed by atoms with Crippen molar-refractivity contribution in [2.45, 2.75) is 58.0 Å². The van der Waals surface area contributed by atoms with Gasteiger partial charge in [-0.25, -0.2) is 12.8 Å². The Hall–Kier alpha value is -2.41. The van der Waals surface area contributed by atoms with Crippen LogP contribution in [0.15, 0.2) is 48.5 Å². The number of benzene rings is 2. The number of sulfone groups is 1. The molecule has 0 N–H and O–H groups in total. The lowest BCUT2D eigenvalue weighted by Gasteiger charge is -2.28. The van der Waals surface area contributed by atoms with Crippen LogP contribution in [-0.4, -0.2) is 43.4 Å². The molecule has 7 heteroatoms. The second-order valence-electron chi connectivity index (χ2n) is 8.40. The molecular formula is C25H32FNO4S. The van der Waals surface area contributed by atoms with E-state index in [4.69, 9.17) is 4.74 Å². The predicted molar refractivity (Wildman–Crippen MR) is 124 cm³/mol. The fraction of sp³-hybridized carbons (Fsp3) is 0.480. The number of unbranched alkanes of at least 4 members (excludes halogenated alkanes) is 4. The van der Waals surface area contributed by atoms with Crippen molar-refractivity contribution < 1.29 is 22.3 Å². The molecule has 2 aromatic rings. The second kappa shape index (κ2) is 11.5. The lowest BCUT2D eigenvalue weighted by Crippen LogP contribution is -2.40. The first-order chi connectivity index (χ1) is 15.4. The molecule has 1 heterocycles. The number of hydrogen-bond acceptors (Lipinski definition) is 4. The molecule has 1 saturated heterocycles. The van der Waals surface area contributed by atoms with Crippen LogP contribution >= 0.6 is 0 Å². The van der Waals surface area contributed by atoms with Crippen molar-refractivity contribution in [1.82, 2.24) is 4.90 Å². The van der Waals surface area contributed by atoms with Gasteiger partial charge in [-0.15, -0.1) is 0 Å². The highest BCUT2D eigenvalue weighted by Gasteiger charge is 2.35. The highest BCUT2D eigenvalue weighted by atomic mass is 32.2. The number of hydrogen-bond donors (Lipinski definition) is 0. The Bertz CT molecular complexity index is 974. The molecule has 0 aromatic heterocycles. The van der Waals surface area contributed by atoms with Crippen molar-refractivity contribution >= 4 is 15.7 Å². The number of nitrogens with zero attached hydrogens (tertiary/aromatic N) is 1. The highest BCUT2D eigenvalue weighted by molar-refractivity contribution is 7.91. The fourth-order valence-electron chi connectivity index (χ4n) is 3.93. The van der Waals surface area contributed by atoms with Crippen LogP contribution in [0.5, 0.6) is 5.75 Å². The molecule has 1 amide bonds. The summed E-state index contributed by atoms with van der Waals surface area (Å²) in [5, 5.41) is 0. The first-order valence-corrected chi connectivity index (χ1v) is 13.2. The smallest absolute Gasteiger partial charge is 0.254 e. The van der Waals surface area contributed by atoms with Gasteiger partial charge >= 0.3 is 0 Å². The maximum absolute atomic E-state index is 13.3. The zero-order valence-corrected chi connectivity index (χ0v) is 19.5. The summed E-state index contributed by atoms with van der Waals surface area (Å²) in [4.78, 5) is 14.9. The number of rotatable bonds is 11. The summed E-state index contributed by atoms with van der Waals surface area (Å²) in [6.45, 7) is 3.06. The highest BCUT2D eigenvalue weighted by Crippen LogP contribution is 2.23. The van der Waals surface area contributed by atoms with E-state index in [1.807, 2.05) is 0 Å². The Kier molecular flexibility index (Phi) is 8.67. The third-order valence-electron chi connectivity index (χ3n) is 5.79. The Labute approximate surface area is 190 Å². The molecule has 1 atom stereocenters. The average molecular weight is 462 g/mol. The van der Waals surface area contributed by atoms with Crippen LogP contribution in [0.25, 0.3) is 0 Å². The summed E-state index contributed by atoms with van der Waals surface area (Å²) in [7, 11) is -3.15. The van der Waals surface area contributed by atoms with Crippen LogP contribution in [0.3, 0.4) is 0 Å². The normalized spacial score (nSPS) is 17.2. The Morgan fingerprint density at radius 3 is 2.34 bits per heavy atom. The van der Waals surface area contributed by atoms with Crippen molar-refractivity contribution in [2.75, 3.05) is 18.1 Å². The van der Waals surface area contributed by atoms with Gasteiger partial charge in [0.2, 0.25) is 0 Å². The lowest BCUT2D eigenvalue weighted by atomic mass is 10.1. The van der Waals surface area contributed by atoms with Gasteiger partial charge in [-0.1, -0.05) is 44.7 Å². The summed E-state index contributed by atoms with van der Waals surface area (Å²) in [5.74, 6) is 0.166. The summed E-state index contributed by atoms with van der Waals surface area (Å²) >= 11 is 0. The average Bonchev–Trinajstić information content (AvgIpc) is 3.15. The van der Waals surface area contributed by atoms with Crippen LogP contribution in [0.2, 0.25) is 0 Å². The molecule has 1 aliphatic rings. The molecule has 0 spiro atoms. The van der Waals surface area contributed by atoms with Crippen LogP contribution in [0, 0.1) is 5.82 Å². The molecule has 3 rings (SSSR count). The number of ether oxygens (including phenoxy) is 1. The van der Waals surface area contributed by atoms with Gasteiger partial charge in [-0.2, -0.15) is 0 Å². The molecule has 32 heavy (non-hydrogen) atoms. The monoisotopic (exact) mass is 461 g/mol. The maximum atomic E-state index is 13.3. The van der Waals surface area contributed by atoms with Crippen LogP contribution in [-0.2, 0) is 16.4 Å². The fourth-order valence-corrected chi connectivity index (χ4v) is 5.66. The topological polar surface area (TPSA) is 63.7 Å². The number of carbonyl (C=O) groups excluding carboxylic acids is 1. The van der Waals surface area contributed by atoms with E-state index in [-0.39, 0.29) is 29.8 Å². The number of amides is 1. The van der Waals surface area contributed by atoms with Crippen LogP contribution < -0.4 is 4.74 Å². The minimum atomic E-state index is -3.15. The van der Waals surface area contributed by atoms with E-state index in [1.54, 1.807) is 41.3 Å². The van der Waals surface area contributed by atoms with Gasteiger partial charge in [0.1, 0.15) is 11.6 Å². The minimum Gasteiger partial charge on any atom is -0.494 e. The van der Waals surface area contributed by atoms with Crippen molar-refractivity contribution in [3.8, 4) is 5.75 Å². The summed E-state index contributed by atoms with van der Waals surface area (Å²) < 4.78 is 43.1. The third-order valence-corrected chi connectivity index (χ3v) is 7.54. The van der Waals surface area contributed by atoms with E-state index < -0.39 is 15.9 Å². The predicted octanol–water partition coefficient (Wildman–Crippen LogP) is 5.00. The van der Waals surface area contributed by atoms with Gasteiger partial charge in [0, 0.05) is 18.2 Å². The van der Waals surface area contributed by atoms with E-state index in [1.165, 1.54) is 31.4 Å². The molecule has 1 fully saturated rings. The van der Waals surface area contributed by atoms with Gasteiger partial charge < -0.3 is 9.64 Å². The third kappa shape index (κ3) is 7.05. The molecule has 0 bridgehead atoms. The van der Waals surface area contributed by atoms with Gasteiger partial charge in [-0.05, 0) is 54.8 Å². The summed E-state index contributed by atoms with van der Waals surface area (Å²) in [6, 6.07) is 12.5. The summed E-state index contributed by atoms with van der Waals surface area (Å²) in [6.07, 6.45) is 6.23. The molecule has 2 aromatic carbocycles. The lowest BCUT2D eigenvalue weighted by molar-refractivity contribution is 0.0681. The van der Waals surface area contributed by atoms with Crippen molar-refractivity contribution in [2.24, 2.45) is 0 Å². The first-order valence-electron chi connectivity index (χ1n) is 11.4. The van der Waals surface area contributed by atoms with Gasteiger partial charge in [0.25, 0.3) is 5.91 Å². The van der Waals surface area contributed by atoms with E-state index in [9.17, 15) is 17.6 Å². The zero-order valence-electron chi connectivity index (χ0n) is 18.6. The largest absolute Gasteiger partial charge is 0.494 e. The summed E-state index contributed by atoms with van der Waals surface area (Å²) in [5.41, 5.74) is 1.23. The Morgan fingerprint density at radius 2 is 1.72 bits per heavy atom. The Morgan fingerprint density at radius 1 is 1.03 bits per heavy atom. The molecule has 0 aliphatic carbocycles. The number of carbonyl (C=O) groups is 1. The molecule has 0 radical (unpaired) electrons. The van der Waals surface area contributed by atoms with Crippen LogP contribution in [0.4, 0.5) is 4.39 Å². The standard InChI is InChI=1S/C25H32FNO4S/c1-2-3-4-5-6-16-31-24-13-9-21(10-14-24)25(28)27(23-15-17-32(29,30)19-23)18-20-7-11-22(26)12-8-20/h7-14,23H,2-6,15-19H2,1H3. The minimum absolute atomic E-state index is 0.0425. The maximum Gasteiger partial charge on any atom is 0.254 e. The van der Waals surface area contributed by atoms with E-state index in [2.05, 4.69) is 6.92 Å². The quantitative estimate of drug-likeness (QED) is 0.442. The van der Waals surface area contributed by atoms with Gasteiger partial charge in [-0.3, -0.25) is 4.79 Å². The zero-order chi connectivity index (χ0) is 23.0. The molecule has 5 nitrogen and oxygen atoms in total. The van der Waals surface area contributed by atoms with E-state index in [0.717, 1.165) is 18.4 Å². The first kappa shape index (κ1) is 24.2. The Balaban J connectivity index is 1.66. The molecule has 0 saturated carbocycles. The van der Waals surface area contributed by atoms with Crippen molar-refractivity contribution in [1.29, 1.82) is 0 Å². The molecule has 174 valence electrons. The van der Waals surface area contributed by atoms with Gasteiger partial charge in [0.05, 0.1) is 18.1 Å². The molecular weight excluding hydrogens is 429 g/mol. The number of halogens is 1. The van der Waals surface area contributed by atoms with Crippen LogP contribution in [0.1, 0.15) is 61.4 Å². The van der Waals surface area contributed by atoms with Crippen molar-refractivity contribution in [3.63, 3.8) is 0 Å². The molecule has 1 unspecified atom stereocenters. The van der Waals surface area contributed by atoms with E-state index in [0.29, 0.717) is 24.3 Å². The van der Waals surface area contributed by atoms with Gasteiger partial charge in [0.15, 0.2) is 9.84 Å². The SMILES string of the molecule is CCCCCCCOc1ccc(C(=O)N(Cc2ccc(F)cc2)C2CCS(=O)(=O)C2)cc1. The molecule has 1 aliphatic heterocycles. The second-order valence-corrected chi connectivity index (χ2v) is 10.6. The van der Waals surface area contributed by atoms with Crippen molar-refractivity contribution in [3.05, 3.63) is 65.5 Å².